The standard InChI is InChI=1S/C18H15F3N6S/c1-4-14-16-23-24-17(18-22-10(3)25-28-18)27(16)6-5-26(14)9(2)11-7-12(19)15(21)13(20)8-11/h4,7-8,14H,1-2,5-6H2,3H3/t14-/m1/s1. The molecule has 0 fully saturated rings. The number of hydrogen-bond donors (Lipinski definition) is 0. The van der Waals surface area contributed by atoms with Gasteiger partial charge in [-0.05, 0) is 30.6 Å². The maximum Gasteiger partial charge on any atom is 0.194 e. The number of fused-ring (bicyclic) bond motifs is 1. The summed E-state index contributed by atoms with van der Waals surface area (Å²) in [7, 11) is 0. The molecule has 1 atom stereocenters. The first-order chi connectivity index (χ1) is 13.4. The molecule has 0 saturated carbocycles. The van der Waals surface area contributed by atoms with E-state index >= 15 is 0 Å². The third-order valence-corrected chi connectivity index (χ3v) is 5.35. The van der Waals surface area contributed by atoms with E-state index in [1.807, 2.05) is 4.57 Å². The summed E-state index contributed by atoms with van der Waals surface area (Å²) < 4.78 is 46.7. The molecule has 1 aliphatic rings. The summed E-state index contributed by atoms with van der Waals surface area (Å²) in [6, 6.07) is 1.43. The first-order valence-electron chi connectivity index (χ1n) is 8.37. The van der Waals surface area contributed by atoms with E-state index in [0.29, 0.717) is 41.3 Å². The fourth-order valence-electron chi connectivity index (χ4n) is 3.21. The van der Waals surface area contributed by atoms with Gasteiger partial charge in [0.2, 0.25) is 0 Å². The van der Waals surface area contributed by atoms with Crippen LogP contribution >= 0.6 is 11.5 Å². The van der Waals surface area contributed by atoms with Crippen LogP contribution in [0, 0.1) is 24.4 Å². The normalized spacial score (nSPS) is 16.1. The maximum atomic E-state index is 13.6. The monoisotopic (exact) mass is 404 g/mol. The van der Waals surface area contributed by atoms with E-state index in [0.717, 1.165) is 12.1 Å². The lowest BCUT2D eigenvalue weighted by Gasteiger charge is -2.37. The van der Waals surface area contributed by atoms with Crippen LogP contribution in [0.3, 0.4) is 0 Å². The van der Waals surface area contributed by atoms with Crippen molar-refractivity contribution in [1.29, 1.82) is 0 Å². The van der Waals surface area contributed by atoms with Gasteiger partial charge in [0.25, 0.3) is 0 Å². The highest BCUT2D eigenvalue weighted by molar-refractivity contribution is 7.09. The Kier molecular flexibility index (Phi) is 4.50. The molecule has 3 heterocycles. The van der Waals surface area contributed by atoms with E-state index in [1.165, 1.54) is 11.5 Å². The number of rotatable bonds is 4. The lowest BCUT2D eigenvalue weighted by molar-refractivity contribution is 0.275. The second kappa shape index (κ2) is 6.86. The van der Waals surface area contributed by atoms with Gasteiger partial charge in [-0.15, -0.1) is 16.8 Å². The Balaban J connectivity index is 1.70. The molecule has 0 N–H and O–H groups in total. The Labute approximate surface area is 162 Å². The van der Waals surface area contributed by atoms with Gasteiger partial charge < -0.3 is 9.47 Å². The molecular weight excluding hydrogens is 389 g/mol. The average Bonchev–Trinajstić information content (AvgIpc) is 3.30. The van der Waals surface area contributed by atoms with Gasteiger partial charge in [0.15, 0.2) is 34.1 Å². The molecule has 6 nitrogen and oxygen atoms in total. The zero-order chi connectivity index (χ0) is 20.0. The Bertz CT molecular complexity index is 1070. The number of hydrogen-bond acceptors (Lipinski definition) is 6. The number of benzene rings is 1. The molecule has 28 heavy (non-hydrogen) atoms. The van der Waals surface area contributed by atoms with Gasteiger partial charge in [-0.2, -0.15) is 4.37 Å². The molecule has 144 valence electrons. The lowest BCUT2D eigenvalue weighted by Crippen LogP contribution is -2.36. The first-order valence-corrected chi connectivity index (χ1v) is 9.15. The van der Waals surface area contributed by atoms with Crippen molar-refractivity contribution in [3.05, 3.63) is 66.0 Å². The molecule has 0 unspecified atom stereocenters. The van der Waals surface area contributed by atoms with Gasteiger partial charge in [-0.1, -0.05) is 12.7 Å². The fourth-order valence-corrected chi connectivity index (χ4v) is 3.88. The third kappa shape index (κ3) is 2.89. The van der Waals surface area contributed by atoms with Crippen molar-refractivity contribution >= 4 is 17.2 Å². The van der Waals surface area contributed by atoms with E-state index in [1.54, 1.807) is 17.9 Å². The molecule has 0 radical (unpaired) electrons. The van der Waals surface area contributed by atoms with Crippen LogP contribution in [-0.4, -0.2) is 35.6 Å². The molecule has 0 aliphatic carbocycles. The van der Waals surface area contributed by atoms with Crippen LogP contribution in [0.1, 0.15) is 23.3 Å². The van der Waals surface area contributed by atoms with E-state index in [-0.39, 0.29) is 5.56 Å². The Morgan fingerprint density at radius 2 is 1.93 bits per heavy atom. The highest BCUT2D eigenvalue weighted by Gasteiger charge is 2.32. The van der Waals surface area contributed by atoms with E-state index in [9.17, 15) is 13.2 Å². The zero-order valence-corrected chi connectivity index (χ0v) is 15.7. The van der Waals surface area contributed by atoms with Crippen molar-refractivity contribution in [3.8, 4) is 10.8 Å². The van der Waals surface area contributed by atoms with Crippen LogP contribution in [0.25, 0.3) is 16.5 Å². The number of halogens is 3. The summed E-state index contributed by atoms with van der Waals surface area (Å²) >= 11 is 1.24. The van der Waals surface area contributed by atoms with Crippen LogP contribution in [-0.2, 0) is 6.54 Å². The molecule has 0 bridgehead atoms. The van der Waals surface area contributed by atoms with E-state index in [2.05, 4.69) is 32.7 Å². The third-order valence-electron chi connectivity index (χ3n) is 4.55. The van der Waals surface area contributed by atoms with Gasteiger partial charge in [0.1, 0.15) is 11.9 Å². The molecule has 1 aromatic carbocycles. The van der Waals surface area contributed by atoms with E-state index in [4.69, 9.17) is 0 Å². The quantitative estimate of drug-likeness (QED) is 0.490. The fraction of sp³-hybridized carbons (Fsp3) is 0.222. The van der Waals surface area contributed by atoms with Crippen molar-refractivity contribution < 1.29 is 13.2 Å². The van der Waals surface area contributed by atoms with Crippen molar-refractivity contribution in [2.24, 2.45) is 0 Å². The van der Waals surface area contributed by atoms with Gasteiger partial charge in [-0.25, -0.2) is 18.2 Å². The molecule has 4 rings (SSSR count). The van der Waals surface area contributed by atoms with Gasteiger partial charge in [0.05, 0.1) is 0 Å². The van der Waals surface area contributed by atoms with Crippen LogP contribution in [0.2, 0.25) is 0 Å². The van der Waals surface area contributed by atoms with Crippen molar-refractivity contribution in [2.75, 3.05) is 6.54 Å². The summed E-state index contributed by atoms with van der Waals surface area (Å²) in [5.74, 6) is -2.17. The Morgan fingerprint density at radius 3 is 2.54 bits per heavy atom. The number of aryl methyl sites for hydroxylation is 1. The van der Waals surface area contributed by atoms with Crippen LogP contribution in [0.4, 0.5) is 13.2 Å². The molecular formula is C18H15F3N6S. The van der Waals surface area contributed by atoms with Gasteiger partial charge in [0, 0.05) is 24.4 Å². The Morgan fingerprint density at radius 1 is 1.21 bits per heavy atom. The largest absolute Gasteiger partial charge is 0.356 e. The minimum atomic E-state index is -1.51. The predicted octanol–water partition coefficient (Wildman–Crippen LogP) is 3.74. The highest BCUT2D eigenvalue weighted by atomic mass is 32.1. The summed E-state index contributed by atoms with van der Waals surface area (Å²) in [5.41, 5.74) is 0.487. The summed E-state index contributed by atoms with van der Waals surface area (Å²) in [5, 5.41) is 9.15. The van der Waals surface area contributed by atoms with Crippen LogP contribution < -0.4 is 0 Å². The summed E-state index contributed by atoms with van der Waals surface area (Å²) in [6.07, 6.45) is 1.65. The summed E-state index contributed by atoms with van der Waals surface area (Å²) in [6.45, 7) is 10.6. The van der Waals surface area contributed by atoms with Crippen molar-refractivity contribution in [1.82, 2.24) is 29.0 Å². The second-order valence-electron chi connectivity index (χ2n) is 6.25. The average molecular weight is 404 g/mol. The minimum Gasteiger partial charge on any atom is -0.356 e. The molecule has 3 aromatic rings. The molecule has 10 heteroatoms. The number of aromatic nitrogens is 5. The molecule has 0 saturated heterocycles. The number of nitrogens with zero attached hydrogens (tertiary/aromatic N) is 6. The SMILES string of the molecule is C=C[C@@H]1c2nnc(-c3nc(C)ns3)n2CCN1C(=C)c1cc(F)c(F)c(F)c1. The predicted molar refractivity (Wildman–Crippen MR) is 98.7 cm³/mol. The molecule has 2 aromatic heterocycles. The molecule has 0 amide bonds. The molecule has 0 spiro atoms. The Hall–Kier alpha value is -3.01. The van der Waals surface area contributed by atoms with Crippen molar-refractivity contribution in [2.45, 2.75) is 19.5 Å². The van der Waals surface area contributed by atoms with Crippen LogP contribution in [0.5, 0.6) is 0 Å². The topological polar surface area (TPSA) is 59.7 Å². The first kappa shape index (κ1) is 18.4. The maximum absolute atomic E-state index is 13.6. The van der Waals surface area contributed by atoms with E-state index < -0.39 is 23.5 Å². The van der Waals surface area contributed by atoms with Gasteiger partial charge >= 0.3 is 0 Å². The lowest BCUT2D eigenvalue weighted by atomic mass is 10.1. The zero-order valence-electron chi connectivity index (χ0n) is 14.9. The smallest absolute Gasteiger partial charge is 0.194 e. The van der Waals surface area contributed by atoms with Crippen molar-refractivity contribution in [3.63, 3.8) is 0 Å². The summed E-state index contributed by atoms with van der Waals surface area (Å²) in [4.78, 5) is 6.15. The van der Waals surface area contributed by atoms with Crippen LogP contribution in [0.15, 0.2) is 31.4 Å². The second-order valence-corrected chi connectivity index (χ2v) is 7.01. The minimum absolute atomic E-state index is 0.149. The van der Waals surface area contributed by atoms with Gasteiger partial charge in [-0.3, -0.25) is 0 Å². The molecule has 1 aliphatic heterocycles. The highest BCUT2D eigenvalue weighted by Crippen LogP contribution is 2.35.